The van der Waals surface area contributed by atoms with Crippen molar-refractivity contribution >= 4 is 15.2 Å². The summed E-state index contributed by atoms with van der Waals surface area (Å²) < 4.78 is 62.8. The zero-order valence-electron chi connectivity index (χ0n) is 16.0. The number of aliphatic hydroxyl groups is 1. The summed E-state index contributed by atoms with van der Waals surface area (Å²) in [6.45, 7) is 3.11. The van der Waals surface area contributed by atoms with Gasteiger partial charge in [0.05, 0.1) is 39.6 Å². The fourth-order valence-corrected chi connectivity index (χ4v) is 6.97. The molecular weight excluding hydrogens is 390 g/mol. The van der Waals surface area contributed by atoms with Gasteiger partial charge in [-0.2, -0.15) is 0 Å². The van der Waals surface area contributed by atoms with Gasteiger partial charge < -0.3 is 32.9 Å². The Morgan fingerprint density at radius 3 is 1.88 bits per heavy atom. The number of methoxy groups -OCH3 is 3. The largest absolute Gasteiger partial charge is 0.382 e. The molecule has 12 heteroatoms. The Morgan fingerprint density at radius 2 is 1.42 bits per heavy atom. The Hall–Kier alpha value is 0.140. The van der Waals surface area contributed by atoms with Crippen molar-refractivity contribution in [1.29, 1.82) is 0 Å². The van der Waals surface area contributed by atoms with Gasteiger partial charge >= 0.3 is 15.2 Å². The fourth-order valence-electron chi connectivity index (χ4n) is 2.45. The molecule has 0 spiro atoms. The quantitative estimate of drug-likeness (QED) is 0.351. The van der Waals surface area contributed by atoms with E-state index in [2.05, 4.69) is 0 Å². The van der Waals surface area contributed by atoms with E-state index in [9.17, 15) is 14.2 Å². The first-order valence-corrected chi connectivity index (χ1v) is 11.2. The molecule has 1 saturated heterocycles. The molecule has 1 aliphatic rings. The molecule has 3 unspecified atom stereocenters. The Labute approximate surface area is 154 Å². The van der Waals surface area contributed by atoms with Crippen LogP contribution in [0.15, 0.2) is 0 Å². The van der Waals surface area contributed by atoms with Crippen LogP contribution < -0.4 is 0 Å². The van der Waals surface area contributed by atoms with E-state index in [1.165, 1.54) is 35.2 Å². The minimum absolute atomic E-state index is 0.0311. The third-order valence-electron chi connectivity index (χ3n) is 3.80. The lowest BCUT2D eigenvalue weighted by molar-refractivity contribution is 0.0605. The maximum Gasteiger partial charge on any atom is 0.362 e. The second-order valence-electron chi connectivity index (χ2n) is 6.13. The summed E-state index contributed by atoms with van der Waals surface area (Å²) in [6.07, 6.45) is -0.262. The molecule has 0 amide bonds. The Balaban J connectivity index is 3.03. The van der Waals surface area contributed by atoms with Gasteiger partial charge in [-0.15, -0.1) is 0 Å². The summed E-state index contributed by atoms with van der Waals surface area (Å²) in [7, 11) is -3.59. The van der Waals surface area contributed by atoms with Crippen molar-refractivity contribution in [3.8, 4) is 0 Å². The summed E-state index contributed by atoms with van der Waals surface area (Å²) in [5.74, 6) is 0. The van der Waals surface area contributed by atoms with Crippen molar-refractivity contribution in [1.82, 2.24) is 0 Å². The second kappa shape index (κ2) is 10.1. The third kappa shape index (κ3) is 5.58. The molecule has 1 fully saturated rings. The van der Waals surface area contributed by atoms with E-state index in [4.69, 9.17) is 32.3 Å². The van der Waals surface area contributed by atoms with Gasteiger partial charge in [-0.25, -0.2) is 0 Å². The monoisotopic (exact) mass is 420 g/mol. The van der Waals surface area contributed by atoms with E-state index in [-0.39, 0.29) is 46.1 Å². The molecule has 3 atom stereocenters. The van der Waals surface area contributed by atoms with Crippen LogP contribution in [0, 0.1) is 0 Å². The predicted molar refractivity (Wildman–Crippen MR) is 93.4 cm³/mol. The normalized spacial score (nSPS) is 32.2. The van der Waals surface area contributed by atoms with Gasteiger partial charge in [0, 0.05) is 27.8 Å². The van der Waals surface area contributed by atoms with Crippen LogP contribution in [0.5, 0.6) is 0 Å². The summed E-state index contributed by atoms with van der Waals surface area (Å²) >= 11 is 0. The fraction of sp³-hybridized carbons (Fsp3) is 1.00. The number of rotatable bonds is 13. The van der Waals surface area contributed by atoms with Gasteiger partial charge in [0.1, 0.15) is 0 Å². The molecule has 1 aliphatic heterocycles. The SMILES string of the molecule is COCCOP1(=O)OC(C)(P(=O)(OCCOC)OCCOC)CC1(C)O. The first-order valence-electron chi connectivity index (χ1n) is 8.13. The van der Waals surface area contributed by atoms with E-state index in [1.54, 1.807) is 0 Å². The summed E-state index contributed by atoms with van der Waals surface area (Å²) in [4.78, 5) is 0. The van der Waals surface area contributed by atoms with E-state index in [0.29, 0.717) is 0 Å². The van der Waals surface area contributed by atoms with E-state index in [0.717, 1.165) is 0 Å². The highest BCUT2D eigenvalue weighted by Crippen LogP contribution is 2.78. The van der Waals surface area contributed by atoms with Crippen molar-refractivity contribution < 1.29 is 46.5 Å². The molecule has 10 nitrogen and oxygen atoms in total. The Morgan fingerprint density at radius 1 is 0.962 bits per heavy atom. The lowest BCUT2D eigenvalue weighted by Crippen LogP contribution is -2.30. The highest BCUT2D eigenvalue weighted by atomic mass is 31.2. The van der Waals surface area contributed by atoms with Crippen molar-refractivity contribution in [2.75, 3.05) is 61.0 Å². The van der Waals surface area contributed by atoms with Gasteiger partial charge in [0.2, 0.25) is 0 Å². The van der Waals surface area contributed by atoms with Gasteiger partial charge in [-0.1, -0.05) is 0 Å². The third-order valence-corrected chi connectivity index (χ3v) is 8.90. The summed E-state index contributed by atoms with van der Waals surface area (Å²) in [6, 6.07) is 0. The zero-order chi connectivity index (χ0) is 19.9. The van der Waals surface area contributed by atoms with Gasteiger partial charge in [0.25, 0.3) is 0 Å². The first kappa shape index (κ1) is 24.2. The maximum absolute atomic E-state index is 13.4. The average Bonchev–Trinajstić information content (AvgIpc) is 2.74. The van der Waals surface area contributed by atoms with Crippen LogP contribution in [0.4, 0.5) is 0 Å². The topological polar surface area (TPSA) is 119 Å². The standard InChI is InChI=1S/C14H30O10P2/c1-13(15)12-14(2,24-25(13,16)21-9-6-18-3)26(17,22-10-7-19-4)23-11-8-20-5/h15H,6-12H2,1-5H3. The molecule has 0 aromatic heterocycles. The Kier molecular flexibility index (Phi) is 9.37. The molecule has 0 aromatic rings. The molecule has 0 radical (unpaired) electrons. The van der Waals surface area contributed by atoms with Gasteiger partial charge in [0.15, 0.2) is 10.7 Å². The van der Waals surface area contributed by atoms with Crippen LogP contribution in [-0.4, -0.2) is 76.8 Å². The summed E-state index contributed by atoms with van der Waals surface area (Å²) in [5.41, 5.74) is 0. The minimum Gasteiger partial charge on any atom is -0.382 e. The van der Waals surface area contributed by atoms with Crippen molar-refractivity contribution in [2.24, 2.45) is 0 Å². The minimum atomic E-state index is -4.02. The molecule has 0 aromatic carbocycles. The highest BCUT2D eigenvalue weighted by molar-refractivity contribution is 7.59. The van der Waals surface area contributed by atoms with Crippen LogP contribution in [0.2, 0.25) is 0 Å². The number of ether oxygens (including phenoxy) is 3. The van der Waals surface area contributed by atoms with E-state index in [1.807, 2.05) is 0 Å². The molecule has 1 heterocycles. The lowest BCUT2D eigenvalue weighted by Gasteiger charge is -2.31. The van der Waals surface area contributed by atoms with Gasteiger partial charge in [-0.05, 0) is 13.8 Å². The van der Waals surface area contributed by atoms with Crippen molar-refractivity contribution in [3.63, 3.8) is 0 Å². The second-order valence-corrected chi connectivity index (χ2v) is 11.0. The molecular formula is C14H30O10P2. The van der Waals surface area contributed by atoms with Crippen molar-refractivity contribution in [3.05, 3.63) is 0 Å². The Bertz CT molecular complexity index is 512. The maximum atomic E-state index is 13.4. The van der Waals surface area contributed by atoms with Crippen LogP contribution in [0.25, 0.3) is 0 Å². The first-order chi connectivity index (χ1) is 12.1. The zero-order valence-corrected chi connectivity index (χ0v) is 17.8. The molecule has 0 aliphatic carbocycles. The lowest BCUT2D eigenvalue weighted by atomic mass is 10.2. The van der Waals surface area contributed by atoms with E-state index < -0.39 is 25.9 Å². The number of hydrogen-bond donors (Lipinski definition) is 1. The van der Waals surface area contributed by atoms with Crippen molar-refractivity contribution in [2.45, 2.75) is 31.0 Å². The molecule has 1 rings (SSSR count). The van der Waals surface area contributed by atoms with Crippen LogP contribution in [0.3, 0.4) is 0 Å². The van der Waals surface area contributed by atoms with Crippen LogP contribution in [-0.2, 0) is 41.4 Å². The van der Waals surface area contributed by atoms with Gasteiger partial charge in [-0.3, -0.25) is 13.7 Å². The average molecular weight is 420 g/mol. The smallest absolute Gasteiger partial charge is 0.362 e. The molecule has 26 heavy (non-hydrogen) atoms. The highest BCUT2D eigenvalue weighted by Gasteiger charge is 2.67. The molecule has 0 saturated carbocycles. The predicted octanol–water partition coefficient (Wildman–Crippen LogP) is 2.21. The number of hydrogen-bond acceptors (Lipinski definition) is 10. The van der Waals surface area contributed by atoms with E-state index >= 15 is 0 Å². The van der Waals surface area contributed by atoms with Crippen LogP contribution >= 0.6 is 15.2 Å². The summed E-state index contributed by atoms with van der Waals surface area (Å²) in [5, 5.41) is 7.09. The molecule has 1 N–H and O–H groups in total. The molecule has 156 valence electrons. The molecule has 0 bridgehead atoms. The van der Waals surface area contributed by atoms with Crippen LogP contribution in [0.1, 0.15) is 20.3 Å².